The molecule has 0 bridgehead atoms. The molecular weight excluding hydrogens is 272 g/mol. The molecule has 2 heterocycles. The van der Waals surface area contributed by atoms with Crippen molar-refractivity contribution in [3.05, 3.63) is 64.5 Å². The van der Waals surface area contributed by atoms with Crippen molar-refractivity contribution in [2.24, 2.45) is 4.99 Å². The number of aliphatic imine (C=N–C) groups is 1. The highest BCUT2D eigenvalue weighted by Crippen LogP contribution is 2.25. The van der Waals surface area contributed by atoms with Crippen LogP contribution in [0.2, 0.25) is 5.02 Å². The number of nitrogens with zero attached hydrogens (tertiary/aromatic N) is 2. The fourth-order valence-corrected chi connectivity index (χ4v) is 2.23. The van der Waals surface area contributed by atoms with Crippen molar-refractivity contribution in [3.8, 4) is 0 Å². The zero-order valence-electron chi connectivity index (χ0n) is 10.9. The zero-order chi connectivity index (χ0) is 13.9. The SMILES string of the molecule is Cc1c(Cl)cccc1C1=CC=C(c2cn[nH]c2)N=CN1. The molecule has 1 aromatic heterocycles. The van der Waals surface area contributed by atoms with Gasteiger partial charge in [0.1, 0.15) is 0 Å². The van der Waals surface area contributed by atoms with Crippen LogP contribution >= 0.6 is 11.6 Å². The van der Waals surface area contributed by atoms with E-state index in [4.69, 9.17) is 11.6 Å². The smallest absolute Gasteiger partial charge is 0.0930 e. The van der Waals surface area contributed by atoms with Gasteiger partial charge in [-0.05, 0) is 30.7 Å². The summed E-state index contributed by atoms with van der Waals surface area (Å²) in [6.45, 7) is 2.00. The molecule has 0 unspecified atom stereocenters. The van der Waals surface area contributed by atoms with Crippen LogP contribution in [-0.4, -0.2) is 16.5 Å². The number of hydrogen-bond acceptors (Lipinski definition) is 3. The maximum Gasteiger partial charge on any atom is 0.0930 e. The Kier molecular flexibility index (Phi) is 3.39. The molecule has 0 saturated heterocycles. The fourth-order valence-electron chi connectivity index (χ4n) is 2.05. The third kappa shape index (κ3) is 2.38. The van der Waals surface area contributed by atoms with Gasteiger partial charge in [-0.3, -0.25) is 5.10 Å². The Morgan fingerprint density at radius 3 is 2.90 bits per heavy atom. The number of aromatic nitrogens is 2. The monoisotopic (exact) mass is 284 g/mol. The molecule has 0 spiro atoms. The maximum atomic E-state index is 6.17. The number of aromatic amines is 1. The number of nitrogens with one attached hydrogen (secondary N) is 2. The molecule has 2 N–H and O–H groups in total. The maximum absolute atomic E-state index is 6.17. The molecule has 1 aliphatic rings. The van der Waals surface area contributed by atoms with Crippen LogP contribution in [0.25, 0.3) is 11.4 Å². The van der Waals surface area contributed by atoms with E-state index in [0.717, 1.165) is 33.1 Å². The highest BCUT2D eigenvalue weighted by molar-refractivity contribution is 6.31. The third-order valence-corrected chi connectivity index (χ3v) is 3.59. The number of benzene rings is 1. The molecule has 20 heavy (non-hydrogen) atoms. The van der Waals surface area contributed by atoms with Crippen LogP contribution in [0.1, 0.15) is 16.7 Å². The summed E-state index contributed by atoms with van der Waals surface area (Å²) in [7, 11) is 0. The molecule has 0 atom stereocenters. The molecule has 0 aliphatic carbocycles. The first-order valence-corrected chi connectivity index (χ1v) is 6.59. The molecule has 100 valence electrons. The molecule has 1 aromatic carbocycles. The summed E-state index contributed by atoms with van der Waals surface area (Å²) >= 11 is 6.17. The quantitative estimate of drug-likeness (QED) is 0.888. The second-order valence-corrected chi connectivity index (χ2v) is 4.84. The minimum atomic E-state index is 0.755. The summed E-state index contributed by atoms with van der Waals surface area (Å²) in [5, 5.41) is 10.7. The van der Waals surface area contributed by atoms with Crippen molar-refractivity contribution in [2.45, 2.75) is 6.92 Å². The molecule has 0 saturated carbocycles. The van der Waals surface area contributed by atoms with E-state index in [9.17, 15) is 0 Å². The summed E-state index contributed by atoms with van der Waals surface area (Å²) in [5.74, 6) is 0. The molecule has 4 nitrogen and oxygen atoms in total. The van der Waals surface area contributed by atoms with Crippen LogP contribution in [0.3, 0.4) is 0 Å². The Balaban J connectivity index is 2.00. The van der Waals surface area contributed by atoms with Crippen molar-refractivity contribution >= 4 is 29.3 Å². The van der Waals surface area contributed by atoms with E-state index in [1.165, 1.54) is 0 Å². The van der Waals surface area contributed by atoms with Gasteiger partial charge < -0.3 is 5.32 Å². The topological polar surface area (TPSA) is 53.1 Å². The van der Waals surface area contributed by atoms with E-state index >= 15 is 0 Å². The van der Waals surface area contributed by atoms with E-state index in [1.54, 1.807) is 12.5 Å². The average molecular weight is 285 g/mol. The molecule has 2 aromatic rings. The van der Waals surface area contributed by atoms with Gasteiger partial charge in [-0.1, -0.05) is 23.7 Å². The van der Waals surface area contributed by atoms with Gasteiger partial charge in [0.25, 0.3) is 0 Å². The minimum absolute atomic E-state index is 0.755. The number of rotatable bonds is 2. The largest absolute Gasteiger partial charge is 0.346 e. The number of allylic oxidation sites excluding steroid dienone is 2. The predicted octanol–water partition coefficient (Wildman–Crippen LogP) is 3.39. The van der Waals surface area contributed by atoms with Crippen molar-refractivity contribution in [3.63, 3.8) is 0 Å². The lowest BCUT2D eigenvalue weighted by Gasteiger charge is -2.10. The third-order valence-electron chi connectivity index (χ3n) is 3.18. The highest BCUT2D eigenvalue weighted by Gasteiger charge is 2.09. The van der Waals surface area contributed by atoms with Gasteiger partial charge in [0.15, 0.2) is 0 Å². The summed E-state index contributed by atoms with van der Waals surface area (Å²) in [6, 6.07) is 5.86. The lowest BCUT2D eigenvalue weighted by atomic mass is 10.1. The number of H-pyrrole nitrogens is 1. The van der Waals surface area contributed by atoms with E-state index in [-0.39, 0.29) is 0 Å². The van der Waals surface area contributed by atoms with E-state index < -0.39 is 0 Å². The molecule has 5 heteroatoms. The fraction of sp³-hybridized carbons (Fsp3) is 0.0667. The van der Waals surface area contributed by atoms with Crippen LogP contribution in [0.4, 0.5) is 0 Å². The molecule has 3 rings (SSSR count). The van der Waals surface area contributed by atoms with Crippen LogP contribution in [-0.2, 0) is 0 Å². The molecule has 1 aliphatic heterocycles. The van der Waals surface area contributed by atoms with Gasteiger partial charge in [0.05, 0.1) is 18.2 Å². The van der Waals surface area contributed by atoms with Crippen molar-refractivity contribution < 1.29 is 0 Å². The van der Waals surface area contributed by atoms with Crippen LogP contribution in [0, 0.1) is 6.92 Å². The molecule has 0 fully saturated rings. The molecule has 0 amide bonds. The Morgan fingerprint density at radius 1 is 1.20 bits per heavy atom. The van der Waals surface area contributed by atoms with Crippen LogP contribution in [0.5, 0.6) is 0 Å². The summed E-state index contributed by atoms with van der Waals surface area (Å²) in [4.78, 5) is 4.37. The lowest BCUT2D eigenvalue weighted by Crippen LogP contribution is -2.09. The Morgan fingerprint density at radius 2 is 2.10 bits per heavy atom. The number of hydrogen-bond donors (Lipinski definition) is 2. The highest BCUT2D eigenvalue weighted by atomic mass is 35.5. The predicted molar refractivity (Wildman–Crippen MR) is 82.4 cm³/mol. The second-order valence-electron chi connectivity index (χ2n) is 4.43. The Labute approximate surface area is 121 Å². The lowest BCUT2D eigenvalue weighted by molar-refractivity contribution is 1.09. The first-order chi connectivity index (χ1) is 9.75. The van der Waals surface area contributed by atoms with Crippen molar-refractivity contribution in [1.82, 2.24) is 15.5 Å². The van der Waals surface area contributed by atoms with Gasteiger partial charge in [-0.15, -0.1) is 0 Å². The van der Waals surface area contributed by atoms with Gasteiger partial charge >= 0.3 is 0 Å². The molecule has 0 radical (unpaired) electrons. The Bertz CT molecular complexity index is 711. The van der Waals surface area contributed by atoms with Gasteiger partial charge in [0, 0.05) is 28.0 Å². The number of halogens is 1. The second kappa shape index (κ2) is 5.35. The van der Waals surface area contributed by atoms with E-state index in [1.807, 2.05) is 43.5 Å². The first kappa shape index (κ1) is 12.7. The van der Waals surface area contributed by atoms with Crippen molar-refractivity contribution in [2.75, 3.05) is 0 Å². The standard InChI is InChI=1S/C15H13ClN4/c1-10-12(3-2-4-13(10)16)15-6-5-14(17-9-18-15)11-7-19-20-8-11/h2-9H,1H3,(H,17,18)(H,19,20). The van der Waals surface area contributed by atoms with Gasteiger partial charge in [0.2, 0.25) is 0 Å². The summed E-state index contributed by atoms with van der Waals surface area (Å²) in [5.41, 5.74) is 4.87. The van der Waals surface area contributed by atoms with E-state index in [2.05, 4.69) is 20.5 Å². The van der Waals surface area contributed by atoms with Crippen LogP contribution in [0.15, 0.2) is 47.7 Å². The Hall–Kier alpha value is -2.33. The minimum Gasteiger partial charge on any atom is -0.346 e. The van der Waals surface area contributed by atoms with E-state index in [0.29, 0.717) is 0 Å². The van der Waals surface area contributed by atoms with Gasteiger partial charge in [-0.2, -0.15) is 5.10 Å². The van der Waals surface area contributed by atoms with Crippen molar-refractivity contribution in [1.29, 1.82) is 0 Å². The average Bonchev–Trinajstić information content (AvgIpc) is 2.87. The normalized spacial score (nSPS) is 14.3. The van der Waals surface area contributed by atoms with Gasteiger partial charge in [-0.25, -0.2) is 4.99 Å². The summed E-state index contributed by atoms with van der Waals surface area (Å²) < 4.78 is 0. The zero-order valence-corrected chi connectivity index (χ0v) is 11.6. The van der Waals surface area contributed by atoms with Crippen LogP contribution < -0.4 is 5.32 Å². The summed E-state index contributed by atoms with van der Waals surface area (Å²) in [6.07, 6.45) is 9.18. The first-order valence-electron chi connectivity index (χ1n) is 6.21. The molecular formula is C15H13ClN4.